The van der Waals surface area contributed by atoms with Crippen LogP contribution >= 0.6 is 0 Å². The van der Waals surface area contributed by atoms with Crippen molar-refractivity contribution in [2.24, 2.45) is 11.8 Å². The molecule has 3 atom stereocenters. The summed E-state index contributed by atoms with van der Waals surface area (Å²) in [5.74, 6) is 2.22. The van der Waals surface area contributed by atoms with Crippen LogP contribution in [0.25, 0.3) is 0 Å². The van der Waals surface area contributed by atoms with E-state index in [1.807, 2.05) is 12.1 Å². The molecule has 1 aliphatic carbocycles. The Kier molecular flexibility index (Phi) is 2.47. The van der Waals surface area contributed by atoms with E-state index in [4.69, 9.17) is 0 Å². The summed E-state index contributed by atoms with van der Waals surface area (Å²) in [5.41, 5.74) is 1.34. The van der Waals surface area contributed by atoms with Crippen LogP contribution in [0.15, 0.2) is 24.3 Å². The van der Waals surface area contributed by atoms with Crippen LogP contribution in [0.1, 0.15) is 24.3 Å². The minimum Gasteiger partial charge on any atom is -0.306 e. The third-order valence-corrected chi connectivity index (χ3v) is 4.34. The molecule has 2 aliphatic rings. The molecule has 0 spiro atoms. The predicted molar refractivity (Wildman–Crippen MR) is 62.9 cm³/mol. The zero-order valence-electron chi connectivity index (χ0n) is 9.70. The van der Waals surface area contributed by atoms with Gasteiger partial charge in [0.25, 0.3) is 0 Å². The highest BCUT2D eigenvalue weighted by molar-refractivity contribution is 5.23. The van der Waals surface area contributed by atoms with E-state index in [0.29, 0.717) is 5.92 Å². The second-order valence-corrected chi connectivity index (χ2v) is 5.38. The molecule has 0 bridgehead atoms. The maximum absolute atomic E-state index is 12.9. The molecule has 1 aliphatic heterocycles. The fourth-order valence-electron chi connectivity index (χ4n) is 3.61. The van der Waals surface area contributed by atoms with Crippen molar-refractivity contribution < 1.29 is 4.39 Å². The molecule has 2 fully saturated rings. The summed E-state index contributed by atoms with van der Waals surface area (Å²) in [4.78, 5) is 2.44. The summed E-state index contributed by atoms with van der Waals surface area (Å²) >= 11 is 0. The molecule has 1 nitrogen and oxygen atoms in total. The Morgan fingerprint density at radius 3 is 2.62 bits per heavy atom. The predicted octanol–water partition coefficient (Wildman–Crippen LogP) is 2.88. The van der Waals surface area contributed by atoms with E-state index in [1.165, 1.54) is 31.5 Å². The smallest absolute Gasteiger partial charge is 0.123 e. The van der Waals surface area contributed by atoms with E-state index in [9.17, 15) is 4.39 Å². The molecule has 16 heavy (non-hydrogen) atoms. The molecule has 0 amide bonds. The average molecular weight is 219 g/mol. The van der Waals surface area contributed by atoms with Gasteiger partial charge in [-0.15, -0.1) is 0 Å². The molecular weight excluding hydrogens is 201 g/mol. The van der Waals surface area contributed by atoms with Crippen molar-refractivity contribution in [3.8, 4) is 0 Å². The number of halogens is 1. The normalized spacial score (nSPS) is 34.2. The molecular formula is C14H18FN. The first-order chi connectivity index (χ1) is 7.74. The van der Waals surface area contributed by atoms with Crippen LogP contribution in [0.2, 0.25) is 0 Å². The monoisotopic (exact) mass is 219 g/mol. The van der Waals surface area contributed by atoms with Gasteiger partial charge in [-0.2, -0.15) is 0 Å². The lowest BCUT2D eigenvalue weighted by molar-refractivity contribution is 0.369. The van der Waals surface area contributed by atoms with Gasteiger partial charge in [0.15, 0.2) is 0 Å². The van der Waals surface area contributed by atoms with Gasteiger partial charge in [-0.05, 0) is 55.3 Å². The van der Waals surface area contributed by atoms with Gasteiger partial charge in [0.1, 0.15) is 5.82 Å². The lowest BCUT2D eigenvalue weighted by Crippen LogP contribution is -2.17. The van der Waals surface area contributed by atoms with Crippen molar-refractivity contribution >= 4 is 0 Å². The van der Waals surface area contributed by atoms with Crippen LogP contribution in [0, 0.1) is 17.7 Å². The zero-order valence-corrected chi connectivity index (χ0v) is 9.70. The summed E-state index contributed by atoms with van der Waals surface area (Å²) in [7, 11) is 2.21. The molecule has 2 heteroatoms. The van der Waals surface area contributed by atoms with Gasteiger partial charge in [-0.3, -0.25) is 0 Å². The number of rotatable bonds is 1. The van der Waals surface area contributed by atoms with Crippen LogP contribution < -0.4 is 0 Å². The third-order valence-electron chi connectivity index (χ3n) is 4.34. The molecule has 1 saturated heterocycles. The summed E-state index contributed by atoms with van der Waals surface area (Å²) in [6, 6.07) is 7.14. The molecule has 1 aromatic rings. The largest absolute Gasteiger partial charge is 0.306 e. The maximum atomic E-state index is 12.9. The fourth-order valence-corrected chi connectivity index (χ4v) is 3.61. The minimum absolute atomic E-state index is 0.123. The van der Waals surface area contributed by atoms with Crippen LogP contribution in [-0.2, 0) is 0 Å². The Balaban J connectivity index is 1.83. The first kappa shape index (κ1) is 10.3. The standard InChI is InChI=1S/C14H18FN/c1-16-8-11-4-7-13(14(11)9-16)10-2-5-12(15)6-3-10/h2-3,5-6,11,13-14H,4,7-9H2,1H3. The highest BCUT2D eigenvalue weighted by atomic mass is 19.1. The Bertz CT molecular complexity index is 373. The average Bonchev–Trinajstić information content (AvgIpc) is 2.78. The van der Waals surface area contributed by atoms with E-state index in [2.05, 4.69) is 11.9 Å². The Hall–Kier alpha value is -0.890. The molecule has 0 aromatic heterocycles. The molecule has 1 heterocycles. The van der Waals surface area contributed by atoms with Crippen molar-refractivity contribution in [3.05, 3.63) is 35.6 Å². The van der Waals surface area contributed by atoms with Gasteiger partial charge in [-0.1, -0.05) is 12.1 Å². The number of fused-ring (bicyclic) bond motifs is 1. The van der Waals surface area contributed by atoms with Gasteiger partial charge in [0.2, 0.25) is 0 Å². The Morgan fingerprint density at radius 1 is 1.12 bits per heavy atom. The minimum atomic E-state index is -0.123. The van der Waals surface area contributed by atoms with E-state index >= 15 is 0 Å². The fraction of sp³-hybridized carbons (Fsp3) is 0.571. The molecule has 3 unspecified atom stereocenters. The first-order valence-electron chi connectivity index (χ1n) is 6.18. The number of hydrogen-bond donors (Lipinski definition) is 0. The topological polar surface area (TPSA) is 3.24 Å². The number of nitrogens with zero attached hydrogens (tertiary/aromatic N) is 1. The lowest BCUT2D eigenvalue weighted by atomic mass is 9.87. The van der Waals surface area contributed by atoms with Crippen LogP contribution in [0.3, 0.4) is 0 Å². The molecule has 0 N–H and O–H groups in total. The van der Waals surface area contributed by atoms with Crippen LogP contribution in [-0.4, -0.2) is 25.0 Å². The summed E-state index contributed by atoms with van der Waals surface area (Å²) < 4.78 is 12.9. The van der Waals surface area contributed by atoms with E-state index < -0.39 is 0 Å². The summed E-state index contributed by atoms with van der Waals surface area (Å²) in [6.07, 6.45) is 2.63. The second kappa shape index (κ2) is 3.85. The second-order valence-electron chi connectivity index (χ2n) is 5.38. The van der Waals surface area contributed by atoms with E-state index in [0.717, 1.165) is 11.8 Å². The molecule has 86 valence electrons. The van der Waals surface area contributed by atoms with Gasteiger partial charge >= 0.3 is 0 Å². The van der Waals surface area contributed by atoms with Gasteiger partial charge in [0.05, 0.1) is 0 Å². The molecule has 3 rings (SSSR count). The number of likely N-dealkylation sites (tertiary alicyclic amines) is 1. The van der Waals surface area contributed by atoms with E-state index in [1.54, 1.807) is 12.1 Å². The zero-order chi connectivity index (χ0) is 11.1. The summed E-state index contributed by atoms with van der Waals surface area (Å²) in [5, 5.41) is 0. The maximum Gasteiger partial charge on any atom is 0.123 e. The van der Waals surface area contributed by atoms with Gasteiger partial charge in [-0.25, -0.2) is 4.39 Å². The quantitative estimate of drug-likeness (QED) is 0.702. The first-order valence-corrected chi connectivity index (χ1v) is 6.18. The number of hydrogen-bond acceptors (Lipinski definition) is 1. The van der Waals surface area contributed by atoms with Crippen molar-refractivity contribution in [2.45, 2.75) is 18.8 Å². The van der Waals surface area contributed by atoms with Crippen LogP contribution in [0.4, 0.5) is 4.39 Å². The Morgan fingerprint density at radius 2 is 1.88 bits per heavy atom. The molecule has 1 aromatic carbocycles. The highest BCUT2D eigenvalue weighted by Gasteiger charge is 2.41. The Labute approximate surface area is 96.3 Å². The van der Waals surface area contributed by atoms with Crippen molar-refractivity contribution in [2.75, 3.05) is 20.1 Å². The molecule has 1 saturated carbocycles. The molecule has 0 radical (unpaired) electrons. The number of benzene rings is 1. The van der Waals surface area contributed by atoms with Crippen LogP contribution in [0.5, 0.6) is 0 Å². The van der Waals surface area contributed by atoms with Gasteiger partial charge < -0.3 is 4.90 Å². The SMILES string of the molecule is CN1CC2CCC(c3ccc(F)cc3)C2C1. The van der Waals surface area contributed by atoms with Crippen molar-refractivity contribution in [1.82, 2.24) is 4.90 Å². The summed E-state index contributed by atoms with van der Waals surface area (Å²) in [6.45, 7) is 2.47. The van der Waals surface area contributed by atoms with E-state index in [-0.39, 0.29) is 5.82 Å². The van der Waals surface area contributed by atoms with Crippen molar-refractivity contribution in [3.63, 3.8) is 0 Å². The highest BCUT2D eigenvalue weighted by Crippen LogP contribution is 2.46. The third kappa shape index (κ3) is 1.65. The van der Waals surface area contributed by atoms with Crippen molar-refractivity contribution in [1.29, 1.82) is 0 Å². The lowest BCUT2D eigenvalue weighted by Gasteiger charge is -2.19. The van der Waals surface area contributed by atoms with Gasteiger partial charge in [0, 0.05) is 13.1 Å².